The van der Waals surface area contributed by atoms with Crippen molar-refractivity contribution in [1.29, 1.82) is 0 Å². The van der Waals surface area contributed by atoms with E-state index < -0.39 is 85.3 Å². The van der Waals surface area contributed by atoms with Crippen LogP contribution in [-0.2, 0) is 42.7 Å². The minimum Gasteiger partial charge on any atom is -0.455 e. The zero-order valence-electron chi connectivity index (χ0n) is 28.3. The first-order valence-corrected chi connectivity index (χ1v) is 16.4. The molecule has 2 aliphatic rings. The topological polar surface area (TPSA) is 162 Å². The Labute approximate surface area is 294 Å². The molecule has 13 nitrogen and oxygen atoms in total. The number of ether oxygens (including phenoxy) is 8. The summed E-state index contributed by atoms with van der Waals surface area (Å²) in [6.45, 7) is 7.97. The van der Waals surface area contributed by atoms with E-state index in [1.54, 1.807) is 85.8 Å². The third-order valence-corrected chi connectivity index (χ3v) is 8.21. The Kier molecular flexibility index (Phi) is 12.7. The summed E-state index contributed by atoms with van der Waals surface area (Å²) < 4.78 is 47.6. The largest absolute Gasteiger partial charge is 0.455 e. The van der Waals surface area contributed by atoms with E-state index in [4.69, 9.17) is 37.9 Å². The molecule has 0 radical (unpaired) electrons. The van der Waals surface area contributed by atoms with Crippen molar-refractivity contribution in [3.8, 4) is 0 Å². The van der Waals surface area contributed by atoms with E-state index in [1.807, 2.05) is 0 Å². The van der Waals surface area contributed by atoms with E-state index >= 15 is 0 Å². The number of hydrogen-bond acceptors (Lipinski definition) is 13. The van der Waals surface area contributed by atoms with Gasteiger partial charge in [0, 0.05) is 6.92 Å². The first-order valence-electron chi connectivity index (χ1n) is 16.4. The van der Waals surface area contributed by atoms with E-state index in [1.165, 1.54) is 32.1 Å². The minimum atomic E-state index is -1.67. The zero-order chi connectivity index (χ0) is 36.5. The predicted octanol–water partition coefficient (Wildman–Crippen LogP) is 4.03. The molecule has 0 saturated carbocycles. The van der Waals surface area contributed by atoms with Gasteiger partial charge in [-0.15, -0.1) is 6.58 Å². The molecule has 2 heterocycles. The SMILES string of the molecule is C=CCO[C@@H]1O[C@@H](C)[C@H](OC(=O)c2ccccc2)[C@@H](OC(C)=O)[C@H]1O[C@@H]1O[C@@H](C)[C@H](OC(=O)c2ccccc2)[C@@H](O)[C@H]1OC(=O)c1ccccc1. The average molecular weight is 705 g/mol. The quantitative estimate of drug-likeness (QED) is 0.164. The van der Waals surface area contributed by atoms with E-state index in [-0.39, 0.29) is 23.3 Å². The van der Waals surface area contributed by atoms with Crippen LogP contribution in [0.2, 0.25) is 0 Å². The van der Waals surface area contributed by atoms with E-state index in [0.717, 1.165) is 0 Å². The van der Waals surface area contributed by atoms with Gasteiger partial charge >= 0.3 is 23.9 Å². The number of carbonyl (C=O) groups is 4. The van der Waals surface area contributed by atoms with Gasteiger partial charge in [-0.05, 0) is 50.2 Å². The highest BCUT2D eigenvalue weighted by molar-refractivity contribution is 5.90. The Morgan fingerprint density at radius 1 is 0.627 bits per heavy atom. The second-order valence-corrected chi connectivity index (χ2v) is 11.9. The number of aliphatic hydroxyl groups excluding tert-OH is 1. The zero-order valence-corrected chi connectivity index (χ0v) is 28.3. The van der Waals surface area contributed by atoms with Gasteiger partial charge in [-0.2, -0.15) is 0 Å². The molecule has 0 bridgehead atoms. The van der Waals surface area contributed by atoms with Crippen LogP contribution >= 0.6 is 0 Å². The van der Waals surface area contributed by atoms with Crippen molar-refractivity contribution in [3.63, 3.8) is 0 Å². The Morgan fingerprint density at radius 2 is 1.06 bits per heavy atom. The number of benzene rings is 3. The van der Waals surface area contributed by atoms with Gasteiger partial charge in [0.15, 0.2) is 43.1 Å². The van der Waals surface area contributed by atoms with Gasteiger partial charge < -0.3 is 43.0 Å². The van der Waals surface area contributed by atoms with Crippen LogP contribution in [0.3, 0.4) is 0 Å². The fourth-order valence-electron chi connectivity index (χ4n) is 5.75. The number of carbonyl (C=O) groups excluding carboxylic acids is 4. The predicted molar refractivity (Wildman–Crippen MR) is 178 cm³/mol. The maximum atomic E-state index is 13.4. The molecule has 3 aromatic carbocycles. The molecule has 13 heteroatoms. The highest BCUT2D eigenvalue weighted by Gasteiger charge is 2.55. The first kappa shape index (κ1) is 37.3. The number of aliphatic hydroxyl groups is 1. The summed E-state index contributed by atoms with van der Waals surface area (Å²) in [5.74, 6) is -3.02. The van der Waals surface area contributed by atoms with Crippen molar-refractivity contribution in [3.05, 3.63) is 120 Å². The van der Waals surface area contributed by atoms with Gasteiger partial charge in [0.2, 0.25) is 0 Å². The maximum absolute atomic E-state index is 13.4. The summed E-state index contributed by atoms with van der Waals surface area (Å²) in [5, 5.41) is 11.7. The van der Waals surface area contributed by atoms with Crippen LogP contribution in [0, 0.1) is 0 Å². The van der Waals surface area contributed by atoms with E-state index in [0.29, 0.717) is 0 Å². The molecule has 5 rings (SSSR count). The van der Waals surface area contributed by atoms with Crippen LogP contribution in [0.25, 0.3) is 0 Å². The summed E-state index contributed by atoms with van der Waals surface area (Å²) in [6, 6.07) is 24.3. The maximum Gasteiger partial charge on any atom is 0.338 e. The van der Waals surface area contributed by atoms with Crippen molar-refractivity contribution < 1.29 is 62.2 Å². The van der Waals surface area contributed by atoms with Crippen molar-refractivity contribution in [2.75, 3.05) is 6.61 Å². The molecular formula is C38H40O13. The van der Waals surface area contributed by atoms with Crippen molar-refractivity contribution >= 4 is 23.9 Å². The van der Waals surface area contributed by atoms with Gasteiger partial charge in [0.25, 0.3) is 0 Å². The lowest BCUT2D eigenvalue weighted by Crippen LogP contribution is -2.65. The Balaban J connectivity index is 1.47. The normalized spacial score (nSPS) is 28.9. The lowest BCUT2D eigenvalue weighted by atomic mass is 9.97. The Morgan fingerprint density at radius 3 is 1.53 bits per heavy atom. The molecule has 0 aliphatic carbocycles. The van der Waals surface area contributed by atoms with Crippen LogP contribution in [0.15, 0.2) is 104 Å². The lowest BCUT2D eigenvalue weighted by molar-refractivity contribution is -0.359. The molecule has 2 saturated heterocycles. The van der Waals surface area contributed by atoms with Crippen LogP contribution in [0.5, 0.6) is 0 Å². The summed E-state index contributed by atoms with van der Waals surface area (Å²) in [5.41, 5.74) is 0.627. The molecule has 270 valence electrons. The van der Waals surface area contributed by atoms with E-state index in [2.05, 4.69) is 6.58 Å². The molecule has 3 aromatic rings. The lowest BCUT2D eigenvalue weighted by Gasteiger charge is -2.47. The fourth-order valence-corrected chi connectivity index (χ4v) is 5.75. The van der Waals surface area contributed by atoms with Gasteiger partial charge in [-0.25, -0.2) is 14.4 Å². The standard InChI is InChI=1S/C38H40O13/c1-5-21-44-37-33(32(47-24(4)39)30(23(3)45-37)49-35(42)26-17-11-7-12-18-26)51-38-31(50-36(43)27-19-13-8-14-20-27)28(40)29(22(2)46-38)48-34(41)25-15-9-6-10-16-25/h5-20,22-23,28-33,37-38,40H,1,21H2,2-4H3/t22-,23-,28+,29-,30-,31+,32+,33+,37+,38-/m0/s1. The molecule has 1 N–H and O–H groups in total. The van der Waals surface area contributed by atoms with Gasteiger partial charge in [0.1, 0.15) is 6.10 Å². The van der Waals surface area contributed by atoms with Crippen molar-refractivity contribution in [2.45, 2.75) is 82.2 Å². The highest BCUT2D eigenvalue weighted by atomic mass is 16.8. The third kappa shape index (κ3) is 9.25. The highest BCUT2D eigenvalue weighted by Crippen LogP contribution is 2.35. The molecule has 0 amide bonds. The molecule has 0 spiro atoms. The second-order valence-electron chi connectivity index (χ2n) is 11.9. The fraction of sp³-hybridized carbons (Fsp3) is 0.368. The molecule has 51 heavy (non-hydrogen) atoms. The van der Waals surface area contributed by atoms with Crippen LogP contribution in [0.1, 0.15) is 51.8 Å². The molecule has 2 fully saturated rings. The second kappa shape index (κ2) is 17.3. The monoisotopic (exact) mass is 704 g/mol. The van der Waals surface area contributed by atoms with Gasteiger partial charge in [-0.1, -0.05) is 60.7 Å². The van der Waals surface area contributed by atoms with Crippen LogP contribution < -0.4 is 0 Å². The number of rotatable bonds is 12. The third-order valence-electron chi connectivity index (χ3n) is 8.21. The molecular weight excluding hydrogens is 664 g/mol. The van der Waals surface area contributed by atoms with E-state index in [9.17, 15) is 24.3 Å². The minimum absolute atomic E-state index is 0.0208. The Hall–Kier alpha value is -4.92. The van der Waals surface area contributed by atoms with Gasteiger partial charge in [-0.3, -0.25) is 4.79 Å². The van der Waals surface area contributed by atoms with Crippen LogP contribution in [0.4, 0.5) is 0 Å². The van der Waals surface area contributed by atoms with Gasteiger partial charge in [0.05, 0.1) is 35.5 Å². The summed E-state index contributed by atoms with van der Waals surface area (Å²) in [4.78, 5) is 52.1. The summed E-state index contributed by atoms with van der Waals surface area (Å²) >= 11 is 0. The average Bonchev–Trinajstić information content (AvgIpc) is 3.14. The number of esters is 4. The van der Waals surface area contributed by atoms with Crippen molar-refractivity contribution in [1.82, 2.24) is 0 Å². The molecule has 0 unspecified atom stereocenters. The Bertz CT molecular complexity index is 1630. The number of hydrogen-bond donors (Lipinski definition) is 1. The first-order chi connectivity index (χ1) is 24.6. The molecule has 0 aromatic heterocycles. The summed E-state index contributed by atoms with van der Waals surface area (Å²) in [7, 11) is 0. The smallest absolute Gasteiger partial charge is 0.338 e. The summed E-state index contributed by atoms with van der Waals surface area (Å²) in [6.07, 6.45) is -11.8. The van der Waals surface area contributed by atoms with Crippen LogP contribution in [-0.4, -0.2) is 97.0 Å². The molecule has 2 aliphatic heterocycles. The molecule has 10 atom stereocenters. The van der Waals surface area contributed by atoms with Crippen molar-refractivity contribution in [2.24, 2.45) is 0 Å².